The summed E-state index contributed by atoms with van der Waals surface area (Å²) in [5, 5.41) is 1.14. The van der Waals surface area contributed by atoms with Gasteiger partial charge in [0.15, 0.2) is 0 Å². The Morgan fingerprint density at radius 2 is 2.24 bits per heavy atom. The second-order valence-corrected chi connectivity index (χ2v) is 6.88. The van der Waals surface area contributed by atoms with E-state index in [9.17, 15) is 4.79 Å². The fourth-order valence-corrected chi connectivity index (χ4v) is 3.84. The fourth-order valence-electron chi connectivity index (χ4n) is 3.84. The van der Waals surface area contributed by atoms with Crippen LogP contribution in [0.3, 0.4) is 0 Å². The van der Waals surface area contributed by atoms with Gasteiger partial charge in [0.1, 0.15) is 5.82 Å². The number of likely N-dealkylation sites (tertiary alicyclic amines) is 1. The minimum atomic E-state index is 0.156. The van der Waals surface area contributed by atoms with Crippen LogP contribution in [0, 0.1) is 6.92 Å². The molecule has 0 bridgehead atoms. The van der Waals surface area contributed by atoms with Gasteiger partial charge in [0.05, 0.1) is 0 Å². The molecule has 1 aromatic carbocycles. The van der Waals surface area contributed by atoms with Crippen molar-refractivity contribution < 1.29 is 4.79 Å². The standard InChI is InChI=1S/C20H24N4O/c1-15-21-10-13-23(15)12-8-18-4-2-3-11-24(18)20(25)17-6-5-16-7-9-22-19(16)14-17/h5-7,9-10,13-14,18,22H,2-4,8,11-12H2,1H3. The zero-order chi connectivity index (χ0) is 17.2. The largest absolute Gasteiger partial charge is 0.361 e. The van der Waals surface area contributed by atoms with Crippen LogP contribution < -0.4 is 0 Å². The van der Waals surface area contributed by atoms with Crippen LogP contribution in [-0.4, -0.2) is 37.9 Å². The number of amides is 1. The van der Waals surface area contributed by atoms with Gasteiger partial charge in [0.25, 0.3) is 5.91 Å². The Morgan fingerprint density at radius 3 is 3.08 bits per heavy atom. The first-order valence-corrected chi connectivity index (χ1v) is 9.08. The molecule has 130 valence electrons. The molecule has 5 heteroatoms. The molecule has 0 spiro atoms. The van der Waals surface area contributed by atoms with Crippen LogP contribution in [0.1, 0.15) is 41.9 Å². The number of fused-ring (bicyclic) bond motifs is 1. The predicted octanol–water partition coefficient (Wildman–Crippen LogP) is 3.76. The quantitative estimate of drug-likeness (QED) is 0.789. The highest BCUT2D eigenvalue weighted by Crippen LogP contribution is 2.24. The molecule has 25 heavy (non-hydrogen) atoms. The zero-order valence-corrected chi connectivity index (χ0v) is 14.6. The number of benzene rings is 1. The van der Waals surface area contributed by atoms with E-state index in [1.807, 2.05) is 49.8 Å². The maximum absolute atomic E-state index is 13.1. The Bertz CT molecular complexity index is 879. The van der Waals surface area contributed by atoms with Crippen LogP contribution in [0.4, 0.5) is 0 Å². The molecule has 1 saturated heterocycles. The fraction of sp³-hybridized carbons (Fsp3) is 0.400. The number of carbonyl (C=O) groups excluding carboxylic acids is 1. The molecule has 0 aliphatic carbocycles. The van der Waals surface area contributed by atoms with Crippen molar-refractivity contribution in [1.29, 1.82) is 0 Å². The number of rotatable bonds is 4. The van der Waals surface area contributed by atoms with E-state index in [-0.39, 0.29) is 5.91 Å². The van der Waals surface area contributed by atoms with Gasteiger partial charge < -0.3 is 14.5 Å². The minimum absolute atomic E-state index is 0.156. The van der Waals surface area contributed by atoms with Gasteiger partial charge in [-0.25, -0.2) is 4.98 Å². The zero-order valence-electron chi connectivity index (χ0n) is 14.6. The number of hydrogen-bond acceptors (Lipinski definition) is 2. The SMILES string of the molecule is Cc1nccn1CCC1CCCCN1C(=O)c1ccc2cc[nH]c2c1. The molecule has 1 amide bonds. The van der Waals surface area contributed by atoms with Crippen molar-refractivity contribution in [3.05, 3.63) is 54.2 Å². The van der Waals surface area contributed by atoms with Crippen molar-refractivity contribution in [3.8, 4) is 0 Å². The number of hydrogen-bond donors (Lipinski definition) is 1. The van der Waals surface area contributed by atoms with Crippen LogP contribution in [-0.2, 0) is 6.54 Å². The highest BCUT2D eigenvalue weighted by molar-refractivity contribution is 5.98. The molecule has 1 aliphatic heterocycles. The molecule has 1 N–H and O–H groups in total. The molecule has 3 aromatic rings. The highest BCUT2D eigenvalue weighted by Gasteiger charge is 2.27. The lowest BCUT2D eigenvalue weighted by Crippen LogP contribution is -2.44. The summed E-state index contributed by atoms with van der Waals surface area (Å²) in [5.74, 6) is 1.19. The summed E-state index contributed by atoms with van der Waals surface area (Å²) >= 11 is 0. The predicted molar refractivity (Wildman–Crippen MR) is 98.6 cm³/mol. The Balaban J connectivity index is 1.51. The summed E-state index contributed by atoms with van der Waals surface area (Å²) in [4.78, 5) is 22.7. The number of aryl methyl sites for hydroxylation is 2. The Hall–Kier alpha value is -2.56. The van der Waals surface area contributed by atoms with Gasteiger partial charge in [-0.15, -0.1) is 0 Å². The third-order valence-corrected chi connectivity index (χ3v) is 5.32. The number of aromatic amines is 1. The molecule has 4 rings (SSSR count). The van der Waals surface area contributed by atoms with Gasteiger partial charge in [-0.1, -0.05) is 6.07 Å². The summed E-state index contributed by atoms with van der Waals surface area (Å²) in [6.07, 6.45) is 10.1. The minimum Gasteiger partial charge on any atom is -0.361 e. The van der Waals surface area contributed by atoms with Crippen LogP contribution in [0.25, 0.3) is 10.9 Å². The van der Waals surface area contributed by atoms with Gasteiger partial charge in [-0.05, 0) is 56.2 Å². The number of aromatic nitrogens is 3. The van der Waals surface area contributed by atoms with Gasteiger partial charge in [-0.3, -0.25) is 4.79 Å². The number of imidazole rings is 1. The number of carbonyl (C=O) groups is 1. The van der Waals surface area contributed by atoms with E-state index in [1.54, 1.807) is 0 Å². The third kappa shape index (κ3) is 3.18. The normalized spacial score (nSPS) is 18.0. The van der Waals surface area contributed by atoms with Gasteiger partial charge in [-0.2, -0.15) is 0 Å². The van der Waals surface area contributed by atoms with Gasteiger partial charge in [0, 0.05) is 48.8 Å². The maximum Gasteiger partial charge on any atom is 0.254 e. The lowest BCUT2D eigenvalue weighted by molar-refractivity contribution is 0.0595. The van der Waals surface area contributed by atoms with Crippen molar-refractivity contribution >= 4 is 16.8 Å². The molecular formula is C20H24N4O. The van der Waals surface area contributed by atoms with E-state index in [1.165, 1.54) is 6.42 Å². The summed E-state index contributed by atoms with van der Waals surface area (Å²) in [5.41, 5.74) is 1.80. The van der Waals surface area contributed by atoms with Gasteiger partial charge in [0.2, 0.25) is 0 Å². The Labute approximate surface area is 147 Å². The second-order valence-electron chi connectivity index (χ2n) is 6.88. The highest BCUT2D eigenvalue weighted by atomic mass is 16.2. The van der Waals surface area contributed by atoms with E-state index in [2.05, 4.69) is 19.4 Å². The number of nitrogens with zero attached hydrogens (tertiary/aromatic N) is 3. The van der Waals surface area contributed by atoms with Gasteiger partial charge >= 0.3 is 0 Å². The average Bonchev–Trinajstić information content (AvgIpc) is 3.27. The van der Waals surface area contributed by atoms with Crippen LogP contribution >= 0.6 is 0 Å². The molecule has 1 fully saturated rings. The summed E-state index contributed by atoms with van der Waals surface area (Å²) in [6.45, 7) is 3.79. The van der Waals surface area contributed by atoms with Crippen molar-refractivity contribution in [2.75, 3.05) is 6.54 Å². The van der Waals surface area contributed by atoms with E-state index in [4.69, 9.17) is 0 Å². The molecular weight excluding hydrogens is 312 g/mol. The molecule has 3 heterocycles. The first-order chi connectivity index (χ1) is 12.2. The number of H-pyrrole nitrogens is 1. The molecule has 1 aliphatic rings. The van der Waals surface area contributed by atoms with Crippen molar-refractivity contribution in [1.82, 2.24) is 19.4 Å². The molecule has 1 unspecified atom stereocenters. The van der Waals surface area contributed by atoms with E-state index in [0.717, 1.165) is 54.6 Å². The van der Waals surface area contributed by atoms with Crippen molar-refractivity contribution in [2.45, 2.75) is 45.2 Å². The molecule has 2 aromatic heterocycles. The third-order valence-electron chi connectivity index (χ3n) is 5.32. The topological polar surface area (TPSA) is 53.9 Å². The Morgan fingerprint density at radius 1 is 1.32 bits per heavy atom. The van der Waals surface area contributed by atoms with Crippen LogP contribution in [0.2, 0.25) is 0 Å². The molecule has 0 radical (unpaired) electrons. The molecule has 1 atom stereocenters. The van der Waals surface area contributed by atoms with Crippen molar-refractivity contribution in [3.63, 3.8) is 0 Å². The van der Waals surface area contributed by atoms with Crippen LogP contribution in [0.15, 0.2) is 42.9 Å². The lowest BCUT2D eigenvalue weighted by atomic mass is 9.98. The van der Waals surface area contributed by atoms with E-state index < -0.39 is 0 Å². The average molecular weight is 336 g/mol. The second kappa shape index (κ2) is 6.75. The number of nitrogens with one attached hydrogen (secondary N) is 1. The van der Waals surface area contributed by atoms with Crippen molar-refractivity contribution in [2.24, 2.45) is 0 Å². The summed E-state index contributed by atoms with van der Waals surface area (Å²) in [7, 11) is 0. The molecule has 5 nitrogen and oxygen atoms in total. The first kappa shape index (κ1) is 15.9. The Kier molecular flexibility index (Phi) is 4.30. The van der Waals surface area contributed by atoms with E-state index >= 15 is 0 Å². The number of piperidine rings is 1. The summed E-state index contributed by atoms with van der Waals surface area (Å²) < 4.78 is 2.17. The smallest absolute Gasteiger partial charge is 0.254 e. The lowest BCUT2D eigenvalue weighted by Gasteiger charge is -2.36. The maximum atomic E-state index is 13.1. The first-order valence-electron chi connectivity index (χ1n) is 9.08. The van der Waals surface area contributed by atoms with Crippen LogP contribution in [0.5, 0.6) is 0 Å². The van der Waals surface area contributed by atoms with E-state index in [0.29, 0.717) is 6.04 Å². The summed E-state index contributed by atoms with van der Waals surface area (Å²) in [6, 6.07) is 8.28. The molecule has 0 saturated carbocycles. The monoisotopic (exact) mass is 336 g/mol.